The summed E-state index contributed by atoms with van der Waals surface area (Å²) >= 11 is 0. The molecule has 0 aliphatic carbocycles. The van der Waals surface area contributed by atoms with E-state index in [-0.39, 0.29) is 0 Å². The molecule has 0 aromatic carbocycles. The molecule has 2 heterocycles. The number of piperidine rings is 1. The zero-order valence-corrected chi connectivity index (χ0v) is 7.51. The summed E-state index contributed by atoms with van der Waals surface area (Å²) in [6.07, 6.45) is 5.50. The highest BCUT2D eigenvalue weighted by Crippen LogP contribution is 2.13. The van der Waals surface area contributed by atoms with E-state index < -0.39 is 0 Å². The molecule has 3 heteroatoms. The molecular formula is C9H18N2O. The quantitative estimate of drug-likeness (QED) is 0.632. The highest BCUT2D eigenvalue weighted by Gasteiger charge is 2.20. The maximum Gasteiger partial charge on any atom is 0.109 e. The lowest BCUT2D eigenvalue weighted by molar-refractivity contribution is 0.0815. The Morgan fingerprint density at radius 1 is 1.17 bits per heavy atom. The first-order valence-electron chi connectivity index (χ1n) is 5.03. The summed E-state index contributed by atoms with van der Waals surface area (Å²) in [6, 6.07) is 0.689. The third-order valence-electron chi connectivity index (χ3n) is 2.70. The number of nitrogens with one attached hydrogen (secondary N) is 2. The van der Waals surface area contributed by atoms with Gasteiger partial charge in [-0.25, -0.2) is 0 Å². The summed E-state index contributed by atoms with van der Waals surface area (Å²) in [5.41, 5.74) is 0. The zero-order valence-electron chi connectivity index (χ0n) is 7.51. The predicted octanol–water partition coefficient (Wildman–Crippen LogP) is 0.465. The number of ether oxygens (including phenoxy) is 1. The van der Waals surface area contributed by atoms with Gasteiger partial charge < -0.3 is 10.1 Å². The second-order valence-corrected chi connectivity index (χ2v) is 3.70. The molecule has 0 spiro atoms. The first-order valence-corrected chi connectivity index (χ1v) is 5.03. The summed E-state index contributed by atoms with van der Waals surface area (Å²) < 4.78 is 5.50. The van der Waals surface area contributed by atoms with Crippen molar-refractivity contribution in [3.05, 3.63) is 0 Å². The minimum Gasteiger partial charge on any atom is -0.362 e. The van der Waals surface area contributed by atoms with E-state index >= 15 is 0 Å². The van der Waals surface area contributed by atoms with Crippen LogP contribution in [0.4, 0.5) is 0 Å². The number of rotatable bonds is 2. The monoisotopic (exact) mass is 170 g/mol. The number of hydrogen-bond donors (Lipinski definition) is 2. The molecule has 0 amide bonds. The van der Waals surface area contributed by atoms with Crippen molar-refractivity contribution in [2.75, 3.05) is 19.7 Å². The van der Waals surface area contributed by atoms with Gasteiger partial charge in [0, 0.05) is 19.0 Å². The van der Waals surface area contributed by atoms with Gasteiger partial charge in [-0.15, -0.1) is 0 Å². The molecule has 0 saturated carbocycles. The SMILES string of the molecule is C1CCC(CC2NCCO2)NC1. The maximum atomic E-state index is 5.50. The van der Waals surface area contributed by atoms with Crippen LogP contribution in [-0.4, -0.2) is 32.0 Å². The third kappa shape index (κ3) is 2.19. The van der Waals surface area contributed by atoms with Crippen LogP contribution in [0, 0.1) is 0 Å². The predicted molar refractivity (Wildman–Crippen MR) is 48.0 cm³/mol. The Labute approximate surface area is 73.9 Å². The Hall–Kier alpha value is -0.120. The van der Waals surface area contributed by atoms with E-state index in [1.54, 1.807) is 0 Å². The van der Waals surface area contributed by atoms with Crippen LogP contribution in [0.1, 0.15) is 25.7 Å². The molecule has 2 rings (SSSR count). The Kier molecular flexibility index (Phi) is 2.98. The lowest BCUT2D eigenvalue weighted by Crippen LogP contribution is -2.39. The van der Waals surface area contributed by atoms with E-state index in [1.807, 2.05) is 0 Å². The van der Waals surface area contributed by atoms with E-state index in [0.29, 0.717) is 12.3 Å². The molecule has 2 unspecified atom stereocenters. The van der Waals surface area contributed by atoms with Gasteiger partial charge in [-0.05, 0) is 19.4 Å². The average molecular weight is 170 g/mol. The van der Waals surface area contributed by atoms with Crippen molar-refractivity contribution in [1.82, 2.24) is 10.6 Å². The molecule has 0 aromatic rings. The van der Waals surface area contributed by atoms with Crippen molar-refractivity contribution < 1.29 is 4.74 Å². The molecule has 2 saturated heterocycles. The standard InChI is InChI=1S/C9H18N2O/c1-2-4-10-8(3-1)7-9-11-5-6-12-9/h8-11H,1-7H2. The second-order valence-electron chi connectivity index (χ2n) is 3.70. The summed E-state index contributed by atoms with van der Waals surface area (Å²) in [5.74, 6) is 0. The fraction of sp³-hybridized carbons (Fsp3) is 1.00. The largest absolute Gasteiger partial charge is 0.362 e. The van der Waals surface area contributed by atoms with Crippen molar-refractivity contribution in [3.63, 3.8) is 0 Å². The Morgan fingerprint density at radius 3 is 2.83 bits per heavy atom. The summed E-state index contributed by atoms with van der Waals surface area (Å²) in [7, 11) is 0. The highest BCUT2D eigenvalue weighted by atomic mass is 16.5. The van der Waals surface area contributed by atoms with Crippen molar-refractivity contribution >= 4 is 0 Å². The molecule has 2 atom stereocenters. The van der Waals surface area contributed by atoms with Crippen molar-refractivity contribution in [3.8, 4) is 0 Å². The highest BCUT2D eigenvalue weighted by molar-refractivity contribution is 4.76. The van der Waals surface area contributed by atoms with Gasteiger partial charge in [-0.3, -0.25) is 5.32 Å². The summed E-state index contributed by atoms with van der Waals surface area (Å²) in [4.78, 5) is 0. The van der Waals surface area contributed by atoms with Gasteiger partial charge in [0.2, 0.25) is 0 Å². The van der Waals surface area contributed by atoms with Crippen LogP contribution < -0.4 is 10.6 Å². The van der Waals surface area contributed by atoms with E-state index in [0.717, 1.165) is 19.6 Å². The smallest absolute Gasteiger partial charge is 0.109 e. The van der Waals surface area contributed by atoms with E-state index in [4.69, 9.17) is 4.74 Å². The molecule has 2 aliphatic heterocycles. The fourth-order valence-electron chi connectivity index (χ4n) is 2.01. The average Bonchev–Trinajstić information content (AvgIpc) is 2.59. The molecule has 2 N–H and O–H groups in total. The molecule has 0 radical (unpaired) electrons. The topological polar surface area (TPSA) is 33.3 Å². The fourth-order valence-corrected chi connectivity index (χ4v) is 2.01. The van der Waals surface area contributed by atoms with Crippen LogP contribution in [-0.2, 0) is 4.74 Å². The van der Waals surface area contributed by atoms with Crippen LogP contribution in [0.2, 0.25) is 0 Å². The minimum absolute atomic E-state index is 0.320. The Balaban J connectivity index is 1.69. The molecule has 2 fully saturated rings. The molecule has 0 bridgehead atoms. The minimum atomic E-state index is 0.320. The van der Waals surface area contributed by atoms with Gasteiger partial charge in [-0.1, -0.05) is 6.42 Å². The molecule has 2 aliphatic rings. The lowest BCUT2D eigenvalue weighted by Gasteiger charge is -2.25. The van der Waals surface area contributed by atoms with Crippen LogP contribution in [0.15, 0.2) is 0 Å². The van der Waals surface area contributed by atoms with Gasteiger partial charge in [0.05, 0.1) is 6.61 Å². The van der Waals surface area contributed by atoms with Crippen molar-refractivity contribution in [1.29, 1.82) is 0 Å². The Bertz CT molecular complexity index is 128. The van der Waals surface area contributed by atoms with Crippen LogP contribution in [0.25, 0.3) is 0 Å². The van der Waals surface area contributed by atoms with Crippen LogP contribution >= 0.6 is 0 Å². The summed E-state index contributed by atoms with van der Waals surface area (Å²) in [5, 5.41) is 6.87. The summed E-state index contributed by atoms with van der Waals surface area (Å²) in [6.45, 7) is 3.10. The van der Waals surface area contributed by atoms with Gasteiger partial charge in [0.15, 0.2) is 0 Å². The normalized spacial score (nSPS) is 37.0. The Morgan fingerprint density at radius 2 is 2.17 bits per heavy atom. The van der Waals surface area contributed by atoms with Gasteiger partial charge in [0.1, 0.15) is 6.23 Å². The van der Waals surface area contributed by atoms with E-state index in [2.05, 4.69) is 10.6 Å². The maximum absolute atomic E-state index is 5.50. The lowest BCUT2D eigenvalue weighted by atomic mass is 10.0. The first-order chi connectivity index (χ1) is 5.95. The first kappa shape index (κ1) is 8.48. The molecular weight excluding hydrogens is 152 g/mol. The van der Waals surface area contributed by atoms with Crippen LogP contribution in [0.3, 0.4) is 0 Å². The van der Waals surface area contributed by atoms with E-state index in [1.165, 1.54) is 25.8 Å². The van der Waals surface area contributed by atoms with Gasteiger partial charge >= 0.3 is 0 Å². The van der Waals surface area contributed by atoms with Crippen molar-refractivity contribution in [2.45, 2.75) is 38.0 Å². The van der Waals surface area contributed by atoms with Gasteiger partial charge in [-0.2, -0.15) is 0 Å². The second kappa shape index (κ2) is 4.21. The molecule has 12 heavy (non-hydrogen) atoms. The number of hydrogen-bond acceptors (Lipinski definition) is 3. The zero-order chi connectivity index (χ0) is 8.23. The van der Waals surface area contributed by atoms with Gasteiger partial charge in [0.25, 0.3) is 0 Å². The molecule has 70 valence electrons. The molecule has 0 aromatic heterocycles. The van der Waals surface area contributed by atoms with Crippen molar-refractivity contribution in [2.24, 2.45) is 0 Å². The van der Waals surface area contributed by atoms with Crippen LogP contribution in [0.5, 0.6) is 0 Å². The van der Waals surface area contributed by atoms with E-state index in [9.17, 15) is 0 Å². The molecule has 3 nitrogen and oxygen atoms in total. The third-order valence-corrected chi connectivity index (χ3v) is 2.70.